The second-order valence-corrected chi connectivity index (χ2v) is 5.66. The van der Waals surface area contributed by atoms with E-state index in [4.69, 9.17) is 0 Å². The zero-order valence-corrected chi connectivity index (χ0v) is 12.5. The Labute approximate surface area is 116 Å². The number of hydrogen-bond donors (Lipinski definition) is 1. The van der Waals surface area contributed by atoms with Crippen LogP contribution in [0.25, 0.3) is 0 Å². The number of nitrogens with one attached hydrogen (secondary N) is 1. The number of rotatable bonds is 3. The summed E-state index contributed by atoms with van der Waals surface area (Å²) in [6, 6.07) is 1.38. The maximum Gasteiger partial charge on any atom is 0.237 e. The molecule has 2 fully saturated rings. The number of hydrogen-bond acceptors (Lipinski definition) is 3. The number of carbonyl (C=O) groups excluding carboxylic acids is 1. The molecule has 2 aliphatic rings. The van der Waals surface area contributed by atoms with Gasteiger partial charge < -0.3 is 10.2 Å². The Balaban J connectivity index is 0.00000162. The van der Waals surface area contributed by atoms with Crippen LogP contribution < -0.4 is 5.32 Å². The van der Waals surface area contributed by atoms with Crippen molar-refractivity contribution >= 4 is 18.3 Å². The van der Waals surface area contributed by atoms with Crippen LogP contribution in [0.5, 0.6) is 0 Å². The van der Waals surface area contributed by atoms with E-state index in [9.17, 15) is 4.79 Å². The topological polar surface area (TPSA) is 35.6 Å². The van der Waals surface area contributed by atoms with Gasteiger partial charge in [0.1, 0.15) is 0 Å². The van der Waals surface area contributed by atoms with Gasteiger partial charge in [0.15, 0.2) is 0 Å². The first-order valence-electron chi connectivity index (χ1n) is 6.81. The Bertz CT molecular complexity index is 273. The van der Waals surface area contributed by atoms with Crippen LogP contribution in [-0.2, 0) is 4.79 Å². The zero-order chi connectivity index (χ0) is 12.4. The van der Waals surface area contributed by atoms with Gasteiger partial charge in [0.05, 0.1) is 6.54 Å². The molecule has 0 bridgehead atoms. The third kappa shape index (κ3) is 3.37. The van der Waals surface area contributed by atoms with Gasteiger partial charge in [-0.2, -0.15) is 0 Å². The van der Waals surface area contributed by atoms with E-state index in [-0.39, 0.29) is 12.4 Å². The minimum atomic E-state index is 0. The Morgan fingerprint density at radius 1 is 1.28 bits per heavy atom. The lowest BCUT2D eigenvalue weighted by atomic mass is 9.97. The van der Waals surface area contributed by atoms with Crippen molar-refractivity contribution in [2.75, 3.05) is 26.7 Å². The third-order valence-electron chi connectivity index (χ3n) is 4.25. The normalized spacial score (nSPS) is 28.8. The van der Waals surface area contributed by atoms with Crippen molar-refractivity contribution in [2.24, 2.45) is 0 Å². The maximum absolute atomic E-state index is 12.3. The first-order valence-corrected chi connectivity index (χ1v) is 6.81. The van der Waals surface area contributed by atoms with Gasteiger partial charge in [-0.15, -0.1) is 12.4 Å². The lowest BCUT2D eigenvalue weighted by Crippen LogP contribution is -2.59. The lowest BCUT2D eigenvalue weighted by molar-refractivity contribution is -0.138. The van der Waals surface area contributed by atoms with E-state index in [0.29, 0.717) is 30.6 Å². The Morgan fingerprint density at radius 2 is 1.83 bits per heavy atom. The van der Waals surface area contributed by atoms with Crippen LogP contribution in [0.2, 0.25) is 0 Å². The van der Waals surface area contributed by atoms with Crippen LogP contribution in [0.4, 0.5) is 0 Å². The van der Waals surface area contributed by atoms with Crippen LogP contribution in [0.15, 0.2) is 0 Å². The van der Waals surface area contributed by atoms with Crippen molar-refractivity contribution in [3.63, 3.8) is 0 Å². The van der Waals surface area contributed by atoms with Gasteiger partial charge in [-0.3, -0.25) is 9.69 Å². The highest BCUT2D eigenvalue weighted by Crippen LogP contribution is 2.22. The van der Waals surface area contributed by atoms with E-state index >= 15 is 0 Å². The van der Waals surface area contributed by atoms with Crippen molar-refractivity contribution in [3.8, 4) is 0 Å². The fraction of sp³-hybridized carbons (Fsp3) is 0.923. The number of carbonyl (C=O) groups is 1. The van der Waals surface area contributed by atoms with Crippen molar-refractivity contribution in [2.45, 2.75) is 51.2 Å². The molecule has 2 rings (SSSR count). The Hall–Kier alpha value is -0.320. The summed E-state index contributed by atoms with van der Waals surface area (Å²) in [6.07, 6.45) is 3.57. The quantitative estimate of drug-likeness (QED) is 0.838. The molecule has 5 heteroatoms. The highest BCUT2D eigenvalue weighted by atomic mass is 35.5. The largest absolute Gasteiger partial charge is 0.336 e. The molecule has 106 valence electrons. The summed E-state index contributed by atoms with van der Waals surface area (Å²) in [7, 11) is 2.06. The van der Waals surface area contributed by atoms with Crippen LogP contribution in [0, 0.1) is 0 Å². The molecule has 2 heterocycles. The highest BCUT2D eigenvalue weighted by Gasteiger charge is 2.31. The van der Waals surface area contributed by atoms with Gasteiger partial charge in [0.25, 0.3) is 0 Å². The summed E-state index contributed by atoms with van der Waals surface area (Å²) in [5.41, 5.74) is 0. The minimum absolute atomic E-state index is 0. The Kier molecular flexibility index (Phi) is 5.89. The van der Waals surface area contributed by atoms with E-state index in [1.807, 2.05) is 0 Å². The number of nitrogens with zero attached hydrogens (tertiary/aromatic N) is 2. The minimum Gasteiger partial charge on any atom is -0.336 e. The smallest absolute Gasteiger partial charge is 0.237 e. The maximum atomic E-state index is 12.3. The summed E-state index contributed by atoms with van der Waals surface area (Å²) >= 11 is 0. The first-order chi connectivity index (χ1) is 8.09. The molecule has 0 aliphatic carbocycles. The van der Waals surface area contributed by atoms with Crippen molar-refractivity contribution < 1.29 is 4.79 Å². The van der Waals surface area contributed by atoms with Gasteiger partial charge in [-0.1, -0.05) is 0 Å². The highest BCUT2D eigenvalue weighted by molar-refractivity contribution is 5.85. The first kappa shape index (κ1) is 15.7. The third-order valence-corrected chi connectivity index (χ3v) is 4.25. The van der Waals surface area contributed by atoms with Gasteiger partial charge >= 0.3 is 0 Å². The number of amides is 1. The van der Waals surface area contributed by atoms with Crippen molar-refractivity contribution in [3.05, 3.63) is 0 Å². The van der Waals surface area contributed by atoms with E-state index < -0.39 is 0 Å². The van der Waals surface area contributed by atoms with Crippen LogP contribution in [0.3, 0.4) is 0 Å². The number of likely N-dealkylation sites (N-methyl/N-ethyl adjacent to an activating group) is 1. The second-order valence-electron chi connectivity index (χ2n) is 5.66. The van der Waals surface area contributed by atoms with Crippen LogP contribution in [0.1, 0.15) is 33.1 Å². The zero-order valence-electron chi connectivity index (χ0n) is 11.7. The molecule has 2 saturated heterocycles. The van der Waals surface area contributed by atoms with E-state index in [0.717, 1.165) is 25.9 Å². The molecule has 1 N–H and O–H groups in total. The molecule has 0 aromatic heterocycles. The average molecular weight is 276 g/mol. The average Bonchev–Trinajstić information content (AvgIpc) is 2.13. The summed E-state index contributed by atoms with van der Waals surface area (Å²) in [6.45, 7) is 6.97. The molecule has 1 amide bonds. The summed E-state index contributed by atoms with van der Waals surface area (Å²) in [5, 5.41) is 3.25. The molecular weight excluding hydrogens is 250 g/mol. The van der Waals surface area contributed by atoms with E-state index in [2.05, 4.69) is 36.0 Å². The number of piperidine rings is 1. The molecule has 2 atom stereocenters. The van der Waals surface area contributed by atoms with Crippen LogP contribution >= 0.6 is 12.4 Å². The predicted molar refractivity (Wildman–Crippen MR) is 76.2 cm³/mol. The molecule has 18 heavy (non-hydrogen) atoms. The van der Waals surface area contributed by atoms with Crippen LogP contribution in [-0.4, -0.2) is 60.5 Å². The summed E-state index contributed by atoms with van der Waals surface area (Å²) in [5.74, 6) is 0.305. The second kappa shape index (κ2) is 6.73. The number of likely N-dealkylation sites (tertiary alicyclic amines) is 1. The Morgan fingerprint density at radius 3 is 2.28 bits per heavy atom. The molecule has 4 nitrogen and oxygen atoms in total. The van der Waals surface area contributed by atoms with Crippen molar-refractivity contribution in [1.29, 1.82) is 0 Å². The van der Waals surface area contributed by atoms with Gasteiger partial charge in [0.2, 0.25) is 5.91 Å². The fourth-order valence-corrected chi connectivity index (χ4v) is 2.92. The lowest BCUT2D eigenvalue weighted by Gasteiger charge is -2.41. The molecule has 2 aliphatic heterocycles. The standard InChI is InChI=1S/C13H25N3O.ClH/c1-10-5-4-6-11(2)16(10)13(17)9-15(3)12-7-14-8-12;/h10-12,14H,4-9H2,1-3H3;1H. The van der Waals surface area contributed by atoms with Gasteiger partial charge in [-0.05, 0) is 40.2 Å². The van der Waals surface area contributed by atoms with Gasteiger partial charge in [-0.25, -0.2) is 0 Å². The molecule has 0 radical (unpaired) electrons. The molecular formula is C13H26ClN3O. The SMILES string of the molecule is CC1CCCC(C)N1C(=O)CN(C)C1CNC1.Cl. The fourth-order valence-electron chi connectivity index (χ4n) is 2.92. The predicted octanol–water partition coefficient (Wildman–Crippen LogP) is 1.10. The molecule has 0 saturated carbocycles. The van der Waals surface area contributed by atoms with Gasteiger partial charge in [0, 0.05) is 31.2 Å². The molecule has 0 aromatic carbocycles. The van der Waals surface area contributed by atoms with Crippen molar-refractivity contribution in [1.82, 2.24) is 15.1 Å². The monoisotopic (exact) mass is 275 g/mol. The van der Waals surface area contributed by atoms with E-state index in [1.165, 1.54) is 6.42 Å². The number of halogens is 1. The molecule has 0 aromatic rings. The van der Waals surface area contributed by atoms with E-state index in [1.54, 1.807) is 0 Å². The molecule has 2 unspecified atom stereocenters. The summed E-state index contributed by atoms with van der Waals surface area (Å²) < 4.78 is 0. The summed E-state index contributed by atoms with van der Waals surface area (Å²) in [4.78, 5) is 16.6. The molecule has 0 spiro atoms.